The Labute approximate surface area is 108 Å². The van der Waals surface area contributed by atoms with Gasteiger partial charge in [0.05, 0.1) is 6.04 Å². The molecule has 0 saturated carbocycles. The van der Waals surface area contributed by atoms with Gasteiger partial charge in [-0.15, -0.1) is 0 Å². The summed E-state index contributed by atoms with van der Waals surface area (Å²) in [5.41, 5.74) is 1.41. The summed E-state index contributed by atoms with van der Waals surface area (Å²) in [5, 5.41) is 6.38. The molecular weight excluding hydrogens is 226 g/mol. The molecule has 2 saturated heterocycles. The zero-order valence-corrected chi connectivity index (χ0v) is 10.7. The SMILES string of the molecule is O=C1NC[C@@H](C2=CC=CCC2)N1C1CCNCC1. The first-order valence-corrected chi connectivity index (χ1v) is 6.99. The number of nitrogens with one attached hydrogen (secondary N) is 2. The van der Waals surface area contributed by atoms with Gasteiger partial charge in [0.25, 0.3) is 0 Å². The number of amides is 2. The Bertz CT molecular complexity index is 383. The molecule has 0 aromatic carbocycles. The van der Waals surface area contributed by atoms with Crippen LogP contribution in [-0.4, -0.2) is 42.6 Å². The molecule has 4 nitrogen and oxygen atoms in total. The highest BCUT2D eigenvalue weighted by Gasteiger charge is 2.38. The van der Waals surface area contributed by atoms with Gasteiger partial charge in [-0.05, 0) is 44.3 Å². The predicted molar refractivity (Wildman–Crippen MR) is 71.4 cm³/mol. The highest BCUT2D eigenvalue weighted by molar-refractivity contribution is 5.78. The largest absolute Gasteiger partial charge is 0.336 e. The summed E-state index contributed by atoms with van der Waals surface area (Å²) in [6.45, 7) is 2.84. The number of carbonyl (C=O) groups excluding carboxylic acids is 1. The van der Waals surface area contributed by atoms with E-state index < -0.39 is 0 Å². The second-order valence-electron chi connectivity index (χ2n) is 5.30. The molecule has 3 rings (SSSR count). The molecule has 2 heterocycles. The molecule has 0 aromatic heterocycles. The van der Waals surface area contributed by atoms with Gasteiger partial charge >= 0.3 is 6.03 Å². The van der Waals surface area contributed by atoms with Gasteiger partial charge in [-0.2, -0.15) is 0 Å². The normalized spacial score (nSPS) is 29.3. The van der Waals surface area contributed by atoms with Crippen molar-refractivity contribution < 1.29 is 4.79 Å². The Morgan fingerprint density at radius 1 is 1.28 bits per heavy atom. The van der Waals surface area contributed by atoms with Crippen LogP contribution in [0, 0.1) is 0 Å². The molecule has 2 N–H and O–H groups in total. The van der Waals surface area contributed by atoms with Crippen molar-refractivity contribution in [3.63, 3.8) is 0 Å². The van der Waals surface area contributed by atoms with Crippen LogP contribution in [0.25, 0.3) is 0 Å². The summed E-state index contributed by atoms with van der Waals surface area (Å²) in [4.78, 5) is 14.2. The fourth-order valence-electron chi connectivity index (χ4n) is 3.23. The quantitative estimate of drug-likeness (QED) is 0.775. The Morgan fingerprint density at radius 2 is 2.11 bits per heavy atom. The van der Waals surface area contributed by atoms with Crippen molar-refractivity contribution in [1.29, 1.82) is 0 Å². The van der Waals surface area contributed by atoms with Crippen LogP contribution in [-0.2, 0) is 0 Å². The highest BCUT2D eigenvalue weighted by atomic mass is 16.2. The van der Waals surface area contributed by atoms with Gasteiger partial charge in [-0.25, -0.2) is 4.79 Å². The van der Waals surface area contributed by atoms with Gasteiger partial charge < -0.3 is 15.5 Å². The van der Waals surface area contributed by atoms with Crippen molar-refractivity contribution in [3.05, 3.63) is 23.8 Å². The smallest absolute Gasteiger partial charge is 0.318 e. The first-order valence-electron chi connectivity index (χ1n) is 6.99. The van der Waals surface area contributed by atoms with Crippen molar-refractivity contribution in [3.8, 4) is 0 Å². The molecule has 1 atom stereocenters. The van der Waals surface area contributed by atoms with Gasteiger partial charge in [0, 0.05) is 12.6 Å². The molecule has 4 heteroatoms. The summed E-state index contributed by atoms with van der Waals surface area (Å²) in [5.74, 6) is 0. The molecule has 3 aliphatic rings. The highest BCUT2D eigenvalue weighted by Crippen LogP contribution is 2.27. The average Bonchev–Trinajstić information content (AvgIpc) is 2.83. The van der Waals surface area contributed by atoms with Crippen LogP contribution in [0.3, 0.4) is 0 Å². The van der Waals surface area contributed by atoms with E-state index in [9.17, 15) is 4.79 Å². The number of hydrogen-bond donors (Lipinski definition) is 2. The maximum absolute atomic E-state index is 12.1. The Kier molecular flexibility index (Phi) is 3.37. The van der Waals surface area contributed by atoms with E-state index >= 15 is 0 Å². The van der Waals surface area contributed by atoms with Crippen molar-refractivity contribution in [2.75, 3.05) is 19.6 Å². The first-order chi connectivity index (χ1) is 8.86. The standard InChI is InChI=1S/C14H21N3O/c18-14-16-10-13(11-4-2-1-3-5-11)17(14)12-6-8-15-9-7-12/h1-2,4,12-13,15H,3,5-10H2,(H,16,18)/t13-/m0/s1. The predicted octanol–water partition coefficient (Wildman–Crippen LogP) is 1.41. The molecule has 2 fully saturated rings. The second kappa shape index (κ2) is 5.14. The number of hydrogen-bond acceptors (Lipinski definition) is 2. The maximum atomic E-state index is 12.1. The molecule has 0 unspecified atom stereocenters. The van der Waals surface area contributed by atoms with Gasteiger partial charge in [0.1, 0.15) is 0 Å². The van der Waals surface area contributed by atoms with Crippen LogP contribution in [0.1, 0.15) is 25.7 Å². The van der Waals surface area contributed by atoms with Gasteiger partial charge in [0.2, 0.25) is 0 Å². The number of rotatable bonds is 2. The molecule has 1 aliphatic carbocycles. The van der Waals surface area contributed by atoms with Crippen LogP contribution < -0.4 is 10.6 Å². The lowest BCUT2D eigenvalue weighted by Gasteiger charge is -2.36. The van der Waals surface area contributed by atoms with Crippen LogP contribution >= 0.6 is 0 Å². The van der Waals surface area contributed by atoms with E-state index in [0.717, 1.165) is 45.3 Å². The van der Waals surface area contributed by atoms with Crippen molar-refractivity contribution in [2.45, 2.75) is 37.8 Å². The second-order valence-corrected chi connectivity index (χ2v) is 5.30. The lowest BCUT2D eigenvalue weighted by molar-refractivity contribution is 0.165. The minimum absolute atomic E-state index is 0.127. The van der Waals surface area contributed by atoms with Gasteiger partial charge in [0.15, 0.2) is 0 Å². The van der Waals surface area contributed by atoms with Crippen molar-refractivity contribution in [2.24, 2.45) is 0 Å². The number of nitrogens with zero attached hydrogens (tertiary/aromatic N) is 1. The first kappa shape index (κ1) is 11.8. The van der Waals surface area contributed by atoms with Crippen molar-refractivity contribution in [1.82, 2.24) is 15.5 Å². The Balaban J connectivity index is 1.78. The lowest BCUT2D eigenvalue weighted by Crippen LogP contribution is -2.48. The Morgan fingerprint density at radius 3 is 2.83 bits per heavy atom. The minimum Gasteiger partial charge on any atom is -0.336 e. The lowest BCUT2D eigenvalue weighted by atomic mass is 9.95. The molecule has 98 valence electrons. The molecule has 2 aliphatic heterocycles. The number of allylic oxidation sites excluding steroid dienone is 3. The topological polar surface area (TPSA) is 44.4 Å². The molecule has 0 spiro atoms. The molecule has 0 aromatic rings. The monoisotopic (exact) mass is 247 g/mol. The number of urea groups is 1. The van der Waals surface area contributed by atoms with Crippen LogP contribution in [0.4, 0.5) is 4.79 Å². The third kappa shape index (κ3) is 2.17. The van der Waals surface area contributed by atoms with E-state index in [-0.39, 0.29) is 12.1 Å². The number of carbonyl (C=O) groups is 1. The van der Waals surface area contributed by atoms with E-state index in [2.05, 4.69) is 33.8 Å². The van der Waals surface area contributed by atoms with E-state index in [4.69, 9.17) is 0 Å². The van der Waals surface area contributed by atoms with Crippen LogP contribution in [0.15, 0.2) is 23.8 Å². The number of piperidine rings is 1. The van der Waals surface area contributed by atoms with Gasteiger partial charge in [-0.3, -0.25) is 0 Å². The average molecular weight is 247 g/mol. The molecule has 18 heavy (non-hydrogen) atoms. The van der Waals surface area contributed by atoms with Crippen molar-refractivity contribution >= 4 is 6.03 Å². The fourth-order valence-corrected chi connectivity index (χ4v) is 3.23. The van der Waals surface area contributed by atoms with E-state index in [0.29, 0.717) is 6.04 Å². The zero-order chi connectivity index (χ0) is 12.4. The molecule has 0 bridgehead atoms. The van der Waals surface area contributed by atoms with Gasteiger partial charge in [-0.1, -0.05) is 18.2 Å². The summed E-state index contributed by atoms with van der Waals surface area (Å²) in [6, 6.07) is 0.818. The fraction of sp³-hybridized carbons (Fsp3) is 0.643. The third-order valence-electron chi connectivity index (χ3n) is 4.19. The van der Waals surface area contributed by atoms with Crippen LogP contribution in [0.2, 0.25) is 0 Å². The Hall–Kier alpha value is -1.29. The summed E-state index contributed by atoms with van der Waals surface area (Å²) < 4.78 is 0. The molecule has 0 radical (unpaired) electrons. The molecular formula is C14H21N3O. The van der Waals surface area contributed by atoms with Crippen LogP contribution in [0.5, 0.6) is 0 Å². The summed E-state index contributed by atoms with van der Waals surface area (Å²) >= 11 is 0. The zero-order valence-electron chi connectivity index (χ0n) is 10.7. The van der Waals surface area contributed by atoms with E-state index in [1.54, 1.807) is 0 Å². The summed E-state index contributed by atoms with van der Waals surface area (Å²) in [7, 11) is 0. The summed E-state index contributed by atoms with van der Waals surface area (Å²) in [6.07, 6.45) is 10.9. The third-order valence-corrected chi connectivity index (χ3v) is 4.19. The maximum Gasteiger partial charge on any atom is 0.318 e. The van der Waals surface area contributed by atoms with E-state index in [1.807, 2.05) is 0 Å². The van der Waals surface area contributed by atoms with E-state index in [1.165, 1.54) is 5.57 Å². The molecule has 2 amide bonds. The minimum atomic E-state index is 0.127.